The molecular weight excluding hydrogens is 435 g/mol. The fourth-order valence-electron chi connectivity index (χ4n) is 3.14. The van der Waals surface area contributed by atoms with Crippen LogP contribution in [0.5, 0.6) is 5.75 Å². The molecule has 3 aromatic carbocycles. The van der Waals surface area contributed by atoms with Gasteiger partial charge in [0.05, 0.1) is 5.69 Å². The number of ether oxygens (including phenoxy) is 1. The van der Waals surface area contributed by atoms with Crippen molar-refractivity contribution < 1.29 is 23.5 Å². The fraction of sp³-hybridized carbons (Fsp3) is 0.0417. The summed E-state index contributed by atoms with van der Waals surface area (Å²) in [5.41, 5.74) is 1.25. The highest BCUT2D eigenvalue weighted by atomic mass is 35.5. The monoisotopic (exact) mass is 450 g/mol. The number of benzene rings is 3. The van der Waals surface area contributed by atoms with Gasteiger partial charge < -0.3 is 4.74 Å². The number of barbiturate groups is 1. The lowest BCUT2D eigenvalue weighted by atomic mass is 10.1. The lowest BCUT2D eigenvalue weighted by Crippen LogP contribution is -2.54. The Morgan fingerprint density at radius 2 is 1.72 bits per heavy atom. The average Bonchev–Trinajstić information content (AvgIpc) is 2.77. The molecule has 0 aromatic heterocycles. The predicted octanol–water partition coefficient (Wildman–Crippen LogP) is 4.72. The molecule has 1 saturated heterocycles. The van der Waals surface area contributed by atoms with E-state index in [-0.39, 0.29) is 23.7 Å². The Bertz CT molecular complexity index is 1240. The summed E-state index contributed by atoms with van der Waals surface area (Å²) < 4.78 is 19.0. The molecule has 0 radical (unpaired) electrons. The summed E-state index contributed by atoms with van der Waals surface area (Å²) in [5, 5.41) is 2.61. The predicted molar refractivity (Wildman–Crippen MR) is 118 cm³/mol. The molecule has 1 aliphatic heterocycles. The Morgan fingerprint density at radius 1 is 0.969 bits per heavy atom. The van der Waals surface area contributed by atoms with E-state index in [0.717, 1.165) is 4.90 Å². The molecule has 0 bridgehead atoms. The van der Waals surface area contributed by atoms with Gasteiger partial charge in [0.25, 0.3) is 11.8 Å². The maximum absolute atomic E-state index is 13.3. The van der Waals surface area contributed by atoms with E-state index in [9.17, 15) is 18.8 Å². The summed E-state index contributed by atoms with van der Waals surface area (Å²) >= 11 is 5.87. The molecule has 160 valence electrons. The summed E-state index contributed by atoms with van der Waals surface area (Å²) in [7, 11) is 0. The lowest BCUT2D eigenvalue weighted by molar-refractivity contribution is -0.122. The number of hydrogen-bond donors (Lipinski definition) is 1. The maximum Gasteiger partial charge on any atom is 0.335 e. The molecule has 4 amide bonds. The van der Waals surface area contributed by atoms with Gasteiger partial charge in [-0.1, -0.05) is 35.9 Å². The van der Waals surface area contributed by atoms with Gasteiger partial charge in [0.1, 0.15) is 23.7 Å². The zero-order chi connectivity index (χ0) is 22.7. The standard InChI is InChI=1S/C24H16ClFN2O4/c25-17-7-9-19(10-8-17)28-23(30)21(22(29)27-24(28)31)13-15-3-2-6-20(12-15)32-14-16-4-1-5-18(26)11-16/h1-13H,14H2,(H,27,29,31)/b21-13-. The van der Waals surface area contributed by atoms with Crippen molar-refractivity contribution >= 4 is 41.2 Å². The van der Waals surface area contributed by atoms with Crippen LogP contribution in [0.2, 0.25) is 5.02 Å². The van der Waals surface area contributed by atoms with E-state index in [4.69, 9.17) is 16.3 Å². The molecule has 0 saturated carbocycles. The first kappa shape index (κ1) is 21.3. The number of carbonyl (C=O) groups excluding carboxylic acids is 3. The minimum atomic E-state index is -0.841. The Hall–Kier alpha value is -3.97. The third-order valence-corrected chi connectivity index (χ3v) is 4.90. The van der Waals surface area contributed by atoms with Gasteiger partial charge >= 0.3 is 6.03 Å². The summed E-state index contributed by atoms with van der Waals surface area (Å²) in [4.78, 5) is 38.4. The summed E-state index contributed by atoms with van der Waals surface area (Å²) in [6.07, 6.45) is 1.38. The van der Waals surface area contributed by atoms with Crippen LogP contribution >= 0.6 is 11.6 Å². The molecule has 0 unspecified atom stereocenters. The van der Waals surface area contributed by atoms with Gasteiger partial charge in [-0.05, 0) is 65.7 Å². The van der Waals surface area contributed by atoms with Gasteiger partial charge in [0.15, 0.2) is 0 Å². The number of halogens is 2. The highest BCUT2D eigenvalue weighted by Gasteiger charge is 2.36. The van der Waals surface area contributed by atoms with E-state index in [1.54, 1.807) is 36.4 Å². The SMILES string of the molecule is O=C1NC(=O)N(c2ccc(Cl)cc2)C(=O)/C1=C\c1cccc(OCc2cccc(F)c2)c1. The minimum Gasteiger partial charge on any atom is -0.489 e. The number of amides is 4. The van der Waals surface area contributed by atoms with Crippen molar-refractivity contribution in [1.29, 1.82) is 0 Å². The second-order valence-electron chi connectivity index (χ2n) is 6.93. The van der Waals surface area contributed by atoms with Gasteiger partial charge in [0.2, 0.25) is 0 Å². The highest BCUT2D eigenvalue weighted by molar-refractivity contribution is 6.39. The maximum atomic E-state index is 13.3. The molecule has 4 rings (SSSR count). The summed E-state index contributed by atoms with van der Waals surface area (Å²) in [6.45, 7) is 0.149. The number of carbonyl (C=O) groups is 3. The van der Waals surface area contributed by atoms with E-state index in [1.165, 1.54) is 42.5 Å². The van der Waals surface area contributed by atoms with E-state index in [2.05, 4.69) is 5.32 Å². The van der Waals surface area contributed by atoms with Gasteiger partial charge in [-0.25, -0.2) is 14.1 Å². The number of nitrogens with one attached hydrogen (secondary N) is 1. The highest BCUT2D eigenvalue weighted by Crippen LogP contribution is 2.24. The quantitative estimate of drug-likeness (QED) is 0.450. The van der Waals surface area contributed by atoms with Crippen LogP contribution in [-0.4, -0.2) is 17.8 Å². The largest absolute Gasteiger partial charge is 0.489 e. The third kappa shape index (κ3) is 4.68. The van der Waals surface area contributed by atoms with Crippen LogP contribution in [0.1, 0.15) is 11.1 Å². The smallest absolute Gasteiger partial charge is 0.335 e. The van der Waals surface area contributed by atoms with Crippen LogP contribution in [0.25, 0.3) is 6.08 Å². The molecule has 8 heteroatoms. The van der Waals surface area contributed by atoms with Gasteiger partial charge in [-0.15, -0.1) is 0 Å². The van der Waals surface area contributed by atoms with Crippen LogP contribution in [0.15, 0.2) is 78.4 Å². The van der Waals surface area contributed by atoms with E-state index >= 15 is 0 Å². The number of urea groups is 1. The molecule has 1 N–H and O–H groups in total. The molecule has 3 aromatic rings. The summed E-state index contributed by atoms with van der Waals surface area (Å²) in [5.74, 6) is -1.44. The van der Waals surface area contributed by atoms with Crippen molar-refractivity contribution in [1.82, 2.24) is 5.32 Å². The van der Waals surface area contributed by atoms with Gasteiger partial charge in [-0.2, -0.15) is 0 Å². The number of anilines is 1. The zero-order valence-electron chi connectivity index (χ0n) is 16.5. The molecule has 0 atom stereocenters. The van der Waals surface area contributed by atoms with Crippen molar-refractivity contribution in [3.63, 3.8) is 0 Å². The van der Waals surface area contributed by atoms with E-state index in [1.807, 2.05) is 0 Å². The van der Waals surface area contributed by atoms with Crippen LogP contribution in [-0.2, 0) is 16.2 Å². The number of imide groups is 2. The van der Waals surface area contributed by atoms with Crippen molar-refractivity contribution in [2.24, 2.45) is 0 Å². The Balaban J connectivity index is 1.57. The molecule has 0 spiro atoms. The van der Waals surface area contributed by atoms with Crippen LogP contribution in [0, 0.1) is 5.82 Å². The number of nitrogens with zero attached hydrogens (tertiary/aromatic N) is 1. The number of hydrogen-bond acceptors (Lipinski definition) is 4. The van der Waals surface area contributed by atoms with Crippen LogP contribution in [0.4, 0.5) is 14.9 Å². The van der Waals surface area contributed by atoms with Crippen molar-refractivity contribution in [3.8, 4) is 5.75 Å². The Morgan fingerprint density at radius 3 is 2.47 bits per heavy atom. The Kier molecular flexibility index (Phi) is 6.00. The second-order valence-corrected chi connectivity index (χ2v) is 7.36. The third-order valence-electron chi connectivity index (χ3n) is 4.65. The van der Waals surface area contributed by atoms with Crippen molar-refractivity contribution in [2.75, 3.05) is 4.90 Å². The molecule has 0 aliphatic carbocycles. The first-order valence-electron chi connectivity index (χ1n) is 9.55. The molecule has 1 fully saturated rings. The average molecular weight is 451 g/mol. The van der Waals surface area contributed by atoms with E-state index < -0.39 is 17.8 Å². The normalized spacial score (nSPS) is 15.1. The lowest BCUT2D eigenvalue weighted by Gasteiger charge is -2.26. The fourth-order valence-corrected chi connectivity index (χ4v) is 3.26. The minimum absolute atomic E-state index is 0.149. The zero-order valence-corrected chi connectivity index (χ0v) is 17.3. The first-order valence-corrected chi connectivity index (χ1v) is 9.93. The van der Waals surface area contributed by atoms with Crippen LogP contribution < -0.4 is 15.0 Å². The van der Waals surface area contributed by atoms with Gasteiger partial charge in [0, 0.05) is 5.02 Å². The van der Waals surface area contributed by atoms with E-state index in [0.29, 0.717) is 21.9 Å². The van der Waals surface area contributed by atoms with Crippen LogP contribution in [0.3, 0.4) is 0 Å². The molecule has 6 nitrogen and oxygen atoms in total. The topological polar surface area (TPSA) is 75.7 Å². The second kappa shape index (κ2) is 9.03. The molecule has 32 heavy (non-hydrogen) atoms. The number of rotatable bonds is 5. The van der Waals surface area contributed by atoms with Gasteiger partial charge in [-0.3, -0.25) is 14.9 Å². The molecule has 1 heterocycles. The molecular formula is C24H16ClFN2O4. The van der Waals surface area contributed by atoms with Crippen molar-refractivity contribution in [2.45, 2.75) is 6.61 Å². The first-order chi connectivity index (χ1) is 15.4. The van der Waals surface area contributed by atoms with Crippen molar-refractivity contribution in [3.05, 3.63) is 100 Å². The molecule has 1 aliphatic rings. The summed E-state index contributed by atoms with van der Waals surface area (Å²) in [6, 6.07) is 18.0. The Labute approximate surface area is 187 Å².